The van der Waals surface area contributed by atoms with Crippen molar-refractivity contribution in [1.29, 1.82) is 0 Å². The Morgan fingerprint density at radius 3 is 2.17 bits per heavy atom. The van der Waals surface area contributed by atoms with Crippen molar-refractivity contribution in [3.05, 3.63) is 35.4 Å². The predicted octanol–water partition coefficient (Wildman–Crippen LogP) is 2.81. The number of hydrogen-bond donors (Lipinski definition) is 0. The number of halogens is 2. The Kier molecular flexibility index (Phi) is 5.85. The number of benzene rings is 1. The summed E-state index contributed by atoms with van der Waals surface area (Å²) in [5.74, 6) is -0.166. The van der Waals surface area contributed by atoms with Crippen molar-refractivity contribution < 1.29 is 8.78 Å². The lowest BCUT2D eigenvalue weighted by atomic mass is 9.89. The topological polar surface area (TPSA) is 9.72 Å². The molecule has 0 aromatic heterocycles. The molecule has 0 spiro atoms. The number of nitrogens with zero attached hydrogens (tertiary/aromatic N) is 3. The minimum Gasteiger partial charge on any atom is -0.304 e. The van der Waals surface area contributed by atoms with Crippen LogP contribution in [0.5, 0.6) is 0 Å². The molecule has 0 unspecified atom stereocenters. The Bertz CT molecular complexity index is 515. The van der Waals surface area contributed by atoms with E-state index in [0.29, 0.717) is 18.5 Å². The average Bonchev–Trinajstić information content (AvgIpc) is 2.59. The van der Waals surface area contributed by atoms with Crippen LogP contribution in [0, 0.1) is 17.6 Å². The largest absolute Gasteiger partial charge is 0.304 e. The number of hydrogen-bond acceptors (Lipinski definition) is 3. The minimum absolute atomic E-state index is 0.211. The van der Waals surface area contributed by atoms with Gasteiger partial charge < -0.3 is 4.90 Å². The molecule has 2 aliphatic rings. The maximum atomic E-state index is 13.8. The van der Waals surface area contributed by atoms with Crippen LogP contribution in [0.2, 0.25) is 0 Å². The molecule has 0 bridgehead atoms. The van der Waals surface area contributed by atoms with Crippen molar-refractivity contribution in [3.8, 4) is 0 Å². The van der Waals surface area contributed by atoms with Crippen LogP contribution in [0.1, 0.15) is 25.3 Å². The molecule has 2 aliphatic heterocycles. The second kappa shape index (κ2) is 7.89. The summed E-state index contributed by atoms with van der Waals surface area (Å²) < 4.78 is 27.6. The van der Waals surface area contributed by atoms with Gasteiger partial charge in [-0.25, -0.2) is 8.78 Å². The molecule has 2 heterocycles. The molecule has 2 saturated heterocycles. The van der Waals surface area contributed by atoms with Gasteiger partial charge in [0.15, 0.2) is 0 Å². The van der Waals surface area contributed by atoms with Crippen molar-refractivity contribution >= 4 is 0 Å². The minimum atomic E-state index is -0.428. The highest BCUT2D eigenvalue weighted by atomic mass is 19.1. The van der Waals surface area contributed by atoms with E-state index in [1.54, 1.807) is 0 Å². The fourth-order valence-corrected chi connectivity index (χ4v) is 4.03. The third-order valence-electron chi connectivity index (χ3n) is 5.87. The number of piperazine rings is 1. The third-order valence-corrected chi connectivity index (χ3v) is 5.87. The molecule has 3 rings (SSSR count). The fourth-order valence-electron chi connectivity index (χ4n) is 4.03. The lowest BCUT2D eigenvalue weighted by Gasteiger charge is -2.42. The first-order valence-electron chi connectivity index (χ1n) is 9.12. The summed E-state index contributed by atoms with van der Waals surface area (Å²) in [6.07, 6.45) is 2.23. The second-order valence-electron chi connectivity index (χ2n) is 7.39. The van der Waals surface area contributed by atoms with Gasteiger partial charge in [-0.05, 0) is 58.0 Å². The first kappa shape index (κ1) is 17.8. The Balaban J connectivity index is 1.50. The highest BCUT2D eigenvalue weighted by molar-refractivity contribution is 5.19. The van der Waals surface area contributed by atoms with Gasteiger partial charge in [0, 0.05) is 44.3 Å². The molecule has 0 aliphatic carbocycles. The Morgan fingerprint density at radius 1 is 1.00 bits per heavy atom. The summed E-state index contributed by atoms with van der Waals surface area (Å²) in [5.41, 5.74) is 0.211. The van der Waals surface area contributed by atoms with Gasteiger partial charge in [0.1, 0.15) is 11.6 Å². The second-order valence-corrected chi connectivity index (χ2v) is 7.39. The van der Waals surface area contributed by atoms with Gasteiger partial charge in [0.05, 0.1) is 0 Å². The molecule has 0 amide bonds. The van der Waals surface area contributed by atoms with Crippen LogP contribution >= 0.6 is 0 Å². The molecule has 1 aromatic carbocycles. The van der Waals surface area contributed by atoms with Crippen molar-refractivity contribution in [3.63, 3.8) is 0 Å². The number of piperidine rings is 1. The number of likely N-dealkylation sites (tertiary alicyclic amines) is 1. The van der Waals surface area contributed by atoms with Crippen molar-refractivity contribution in [2.45, 2.75) is 32.4 Å². The van der Waals surface area contributed by atoms with Gasteiger partial charge in [-0.1, -0.05) is 6.07 Å². The van der Waals surface area contributed by atoms with E-state index in [2.05, 4.69) is 28.7 Å². The van der Waals surface area contributed by atoms with Gasteiger partial charge in [0.2, 0.25) is 0 Å². The Hall–Kier alpha value is -1.04. The highest BCUT2D eigenvalue weighted by Crippen LogP contribution is 2.26. The molecule has 0 saturated carbocycles. The number of likely N-dealkylation sites (N-methyl/N-ethyl adjacent to an activating group) is 1. The normalized spacial score (nSPS) is 23.5. The quantitative estimate of drug-likeness (QED) is 0.836. The lowest BCUT2D eigenvalue weighted by molar-refractivity contribution is 0.0594. The van der Waals surface area contributed by atoms with E-state index >= 15 is 0 Å². The molecule has 2 fully saturated rings. The van der Waals surface area contributed by atoms with Gasteiger partial charge in [-0.15, -0.1) is 0 Å². The molecular weight excluding hydrogens is 308 g/mol. The number of rotatable bonds is 4. The van der Waals surface area contributed by atoms with Gasteiger partial charge in [-0.3, -0.25) is 9.80 Å². The molecule has 3 nitrogen and oxygen atoms in total. The molecule has 24 heavy (non-hydrogen) atoms. The van der Waals surface area contributed by atoms with Crippen LogP contribution in [0.3, 0.4) is 0 Å². The first-order chi connectivity index (χ1) is 11.5. The lowest BCUT2D eigenvalue weighted by Crippen LogP contribution is -2.51. The van der Waals surface area contributed by atoms with Crippen molar-refractivity contribution in [1.82, 2.24) is 14.7 Å². The summed E-state index contributed by atoms with van der Waals surface area (Å²) in [4.78, 5) is 7.18. The third kappa shape index (κ3) is 4.13. The Morgan fingerprint density at radius 2 is 1.58 bits per heavy atom. The Labute approximate surface area is 144 Å². The SMILES string of the molecule is C[C@@H](C1CCN(Cc2c(F)cccc2F)CC1)N1CCN(C)CC1. The smallest absolute Gasteiger partial charge is 0.130 e. The molecule has 0 N–H and O–H groups in total. The van der Waals surface area contributed by atoms with Gasteiger partial charge in [-0.2, -0.15) is 0 Å². The van der Waals surface area contributed by atoms with E-state index in [9.17, 15) is 8.78 Å². The molecular formula is C19H29F2N3. The van der Waals surface area contributed by atoms with Gasteiger partial charge >= 0.3 is 0 Å². The summed E-state index contributed by atoms with van der Waals surface area (Å²) >= 11 is 0. The zero-order chi connectivity index (χ0) is 17.1. The molecule has 134 valence electrons. The van der Waals surface area contributed by atoms with E-state index in [0.717, 1.165) is 52.1 Å². The predicted molar refractivity (Wildman–Crippen MR) is 92.9 cm³/mol. The van der Waals surface area contributed by atoms with Crippen LogP contribution in [0.4, 0.5) is 8.78 Å². The average molecular weight is 337 g/mol. The zero-order valence-corrected chi connectivity index (χ0v) is 14.8. The summed E-state index contributed by atoms with van der Waals surface area (Å²) in [6, 6.07) is 4.73. The van der Waals surface area contributed by atoms with Crippen molar-refractivity contribution in [2.75, 3.05) is 46.3 Å². The maximum absolute atomic E-state index is 13.8. The van der Waals surface area contributed by atoms with Crippen LogP contribution < -0.4 is 0 Å². The van der Waals surface area contributed by atoms with Crippen LogP contribution in [0.25, 0.3) is 0 Å². The molecule has 1 aromatic rings. The first-order valence-corrected chi connectivity index (χ1v) is 9.12. The van der Waals surface area contributed by atoms with Crippen LogP contribution in [0.15, 0.2) is 18.2 Å². The molecule has 1 atom stereocenters. The van der Waals surface area contributed by atoms with E-state index in [1.807, 2.05) is 0 Å². The maximum Gasteiger partial charge on any atom is 0.130 e. The zero-order valence-electron chi connectivity index (χ0n) is 14.8. The molecule has 5 heteroatoms. The van der Waals surface area contributed by atoms with Crippen LogP contribution in [-0.4, -0.2) is 67.1 Å². The van der Waals surface area contributed by atoms with E-state index in [4.69, 9.17) is 0 Å². The fraction of sp³-hybridized carbons (Fsp3) is 0.684. The molecule has 0 radical (unpaired) electrons. The van der Waals surface area contributed by atoms with Gasteiger partial charge in [0.25, 0.3) is 0 Å². The summed E-state index contributed by atoms with van der Waals surface area (Å²) in [5, 5.41) is 0. The van der Waals surface area contributed by atoms with Crippen molar-refractivity contribution in [2.24, 2.45) is 5.92 Å². The van der Waals surface area contributed by atoms with E-state index in [-0.39, 0.29) is 5.56 Å². The standard InChI is InChI=1S/C19H29F2N3/c1-15(24-12-10-22(2)11-13-24)16-6-8-23(9-7-16)14-17-18(20)4-3-5-19(17)21/h3-5,15-16H,6-14H2,1-2H3/t15-/m0/s1. The summed E-state index contributed by atoms with van der Waals surface area (Å²) in [7, 11) is 2.18. The van der Waals surface area contributed by atoms with Crippen LogP contribution in [-0.2, 0) is 6.54 Å². The highest BCUT2D eigenvalue weighted by Gasteiger charge is 2.29. The summed E-state index contributed by atoms with van der Waals surface area (Å²) in [6.45, 7) is 9.19. The van der Waals surface area contributed by atoms with E-state index in [1.165, 1.54) is 18.2 Å². The van der Waals surface area contributed by atoms with E-state index < -0.39 is 11.6 Å². The monoisotopic (exact) mass is 337 g/mol.